The zero-order valence-corrected chi connectivity index (χ0v) is 14.9. The molecule has 1 N–H and O–H groups in total. The van der Waals surface area contributed by atoms with Crippen LogP contribution in [0.15, 0.2) is 54.6 Å². The van der Waals surface area contributed by atoms with Crippen molar-refractivity contribution in [3.63, 3.8) is 0 Å². The van der Waals surface area contributed by atoms with Crippen LogP contribution >= 0.6 is 0 Å². The van der Waals surface area contributed by atoms with Gasteiger partial charge in [-0.1, -0.05) is 18.2 Å². The smallest absolute Gasteiger partial charge is 0.265 e. The molecule has 2 rings (SSSR count). The topological polar surface area (TPSA) is 58.6 Å². The molecule has 5 nitrogen and oxygen atoms in total. The Labute approximate surface area is 148 Å². The van der Waals surface area contributed by atoms with Crippen molar-refractivity contribution in [2.45, 2.75) is 26.9 Å². The van der Waals surface area contributed by atoms with Crippen molar-refractivity contribution >= 4 is 17.5 Å². The minimum atomic E-state index is -0.626. The zero-order valence-electron chi connectivity index (χ0n) is 14.9. The molecule has 0 bridgehead atoms. The summed E-state index contributed by atoms with van der Waals surface area (Å²) in [5, 5.41) is 2.80. The van der Waals surface area contributed by atoms with Gasteiger partial charge < -0.3 is 15.0 Å². The Balaban J connectivity index is 1.96. The summed E-state index contributed by atoms with van der Waals surface area (Å²) in [6, 6.07) is 16.1. The second-order valence-electron chi connectivity index (χ2n) is 5.62. The Morgan fingerprint density at radius 3 is 2.16 bits per heavy atom. The van der Waals surface area contributed by atoms with Gasteiger partial charge in [0.1, 0.15) is 5.75 Å². The van der Waals surface area contributed by atoms with Crippen LogP contribution in [0, 0.1) is 0 Å². The van der Waals surface area contributed by atoms with Gasteiger partial charge in [0.2, 0.25) is 0 Å². The Morgan fingerprint density at radius 1 is 1.00 bits per heavy atom. The van der Waals surface area contributed by atoms with Crippen molar-refractivity contribution in [2.24, 2.45) is 0 Å². The third-order valence-corrected chi connectivity index (χ3v) is 3.88. The summed E-state index contributed by atoms with van der Waals surface area (Å²) in [5.41, 5.74) is 1.24. The van der Waals surface area contributed by atoms with Gasteiger partial charge in [-0.2, -0.15) is 0 Å². The highest BCUT2D eigenvalue weighted by Crippen LogP contribution is 2.14. The van der Waals surface area contributed by atoms with Crippen LogP contribution in [0.25, 0.3) is 0 Å². The third-order valence-electron chi connectivity index (χ3n) is 3.88. The van der Waals surface area contributed by atoms with Crippen LogP contribution in [0.5, 0.6) is 5.75 Å². The molecule has 0 aliphatic heterocycles. The van der Waals surface area contributed by atoms with E-state index in [0.717, 1.165) is 0 Å². The number of rotatable bonds is 7. The molecular weight excluding hydrogens is 316 g/mol. The lowest BCUT2D eigenvalue weighted by Crippen LogP contribution is -2.31. The molecule has 0 aliphatic carbocycles. The van der Waals surface area contributed by atoms with Crippen LogP contribution in [0.3, 0.4) is 0 Å². The molecule has 0 spiro atoms. The minimum Gasteiger partial charge on any atom is -0.481 e. The van der Waals surface area contributed by atoms with Crippen LogP contribution in [0.2, 0.25) is 0 Å². The minimum absolute atomic E-state index is 0.0105. The standard InChI is InChI=1S/C20H24N2O3/c1-4-22(5-2)20(24)16-11-13-17(14-12-16)21-19(23)15(3)25-18-9-7-6-8-10-18/h6-15H,4-5H2,1-3H3,(H,21,23)/t15-/m1/s1. The largest absolute Gasteiger partial charge is 0.481 e. The lowest BCUT2D eigenvalue weighted by Gasteiger charge is -2.19. The van der Waals surface area contributed by atoms with Crippen LogP contribution in [-0.4, -0.2) is 35.9 Å². The van der Waals surface area contributed by atoms with E-state index >= 15 is 0 Å². The second-order valence-corrected chi connectivity index (χ2v) is 5.62. The molecule has 2 amide bonds. The summed E-state index contributed by atoms with van der Waals surface area (Å²) in [6.45, 7) is 6.93. The third kappa shape index (κ3) is 5.08. The number of carbonyl (C=O) groups is 2. The number of ether oxygens (including phenoxy) is 1. The number of anilines is 1. The van der Waals surface area contributed by atoms with Crippen molar-refractivity contribution < 1.29 is 14.3 Å². The molecule has 2 aromatic carbocycles. The van der Waals surface area contributed by atoms with E-state index in [2.05, 4.69) is 5.32 Å². The Bertz CT molecular complexity index is 695. The summed E-state index contributed by atoms with van der Waals surface area (Å²) in [6.07, 6.45) is -0.626. The van der Waals surface area contributed by atoms with Crippen molar-refractivity contribution in [1.82, 2.24) is 4.90 Å². The number of nitrogens with one attached hydrogen (secondary N) is 1. The normalized spacial score (nSPS) is 11.5. The highest BCUT2D eigenvalue weighted by atomic mass is 16.5. The Morgan fingerprint density at radius 2 is 1.60 bits per heavy atom. The van der Waals surface area contributed by atoms with Gasteiger partial charge in [0.05, 0.1) is 0 Å². The van der Waals surface area contributed by atoms with Crippen LogP contribution < -0.4 is 10.1 Å². The van der Waals surface area contributed by atoms with E-state index in [1.807, 2.05) is 32.0 Å². The molecule has 0 aliphatic rings. The average molecular weight is 340 g/mol. The lowest BCUT2D eigenvalue weighted by molar-refractivity contribution is -0.122. The molecular formula is C20H24N2O3. The van der Waals surface area contributed by atoms with Gasteiger partial charge in [0.25, 0.3) is 11.8 Å². The van der Waals surface area contributed by atoms with Crippen molar-refractivity contribution in [2.75, 3.05) is 18.4 Å². The fourth-order valence-corrected chi connectivity index (χ4v) is 2.39. The number of amides is 2. The van der Waals surface area contributed by atoms with Crippen molar-refractivity contribution in [3.8, 4) is 5.75 Å². The first kappa shape index (κ1) is 18.5. The Hall–Kier alpha value is -2.82. The number of benzene rings is 2. The van der Waals surface area contributed by atoms with Crippen LogP contribution in [0.1, 0.15) is 31.1 Å². The number of carbonyl (C=O) groups excluding carboxylic acids is 2. The first-order valence-corrected chi connectivity index (χ1v) is 8.47. The zero-order chi connectivity index (χ0) is 18.2. The van der Waals surface area contributed by atoms with Crippen molar-refractivity contribution in [3.05, 3.63) is 60.2 Å². The van der Waals surface area contributed by atoms with Crippen molar-refractivity contribution in [1.29, 1.82) is 0 Å². The predicted octanol–water partition coefficient (Wildman–Crippen LogP) is 3.57. The highest BCUT2D eigenvalue weighted by molar-refractivity contribution is 5.96. The molecule has 0 fully saturated rings. The SMILES string of the molecule is CCN(CC)C(=O)c1ccc(NC(=O)[C@@H](C)Oc2ccccc2)cc1. The molecule has 0 unspecified atom stereocenters. The quantitative estimate of drug-likeness (QED) is 0.838. The monoisotopic (exact) mass is 340 g/mol. The molecule has 2 aromatic rings. The first-order valence-electron chi connectivity index (χ1n) is 8.47. The van der Waals surface area contributed by atoms with Gasteiger partial charge in [-0.05, 0) is 57.2 Å². The van der Waals surface area contributed by atoms with Gasteiger partial charge in [-0.15, -0.1) is 0 Å². The van der Waals surface area contributed by atoms with E-state index < -0.39 is 6.10 Å². The number of hydrogen-bond acceptors (Lipinski definition) is 3. The molecule has 1 atom stereocenters. The van der Waals surface area contributed by atoms with Gasteiger partial charge >= 0.3 is 0 Å². The van der Waals surface area contributed by atoms with E-state index in [-0.39, 0.29) is 11.8 Å². The fourth-order valence-electron chi connectivity index (χ4n) is 2.39. The number of para-hydroxylation sites is 1. The first-order chi connectivity index (χ1) is 12.0. The molecule has 25 heavy (non-hydrogen) atoms. The Kier molecular flexibility index (Phi) is 6.57. The summed E-state index contributed by atoms with van der Waals surface area (Å²) >= 11 is 0. The van der Waals surface area contributed by atoms with E-state index in [1.54, 1.807) is 48.2 Å². The predicted molar refractivity (Wildman–Crippen MR) is 98.9 cm³/mol. The number of nitrogens with zero attached hydrogens (tertiary/aromatic N) is 1. The maximum absolute atomic E-state index is 12.3. The molecule has 0 aromatic heterocycles. The molecule has 5 heteroatoms. The van der Waals surface area contributed by atoms with Gasteiger partial charge in [-0.25, -0.2) is 0 Å². The maximum Gasteiger partial charge on any atom is 0.265 e. The van der Waals surface area contributed by atoms with Gasteiger partial charge in [0, 0.05) is 24.3 Å². The number of hydrogen-bond donors (Lipinski definition) is 1. The molecule has 132 valence electrons. The van der Waals surface area contributed by atoms with E-state index in [0.29, 0.717) is 30.1 Å². The fraction of sp³-hybridized carbons (Fsp3) is 0.300. The molecule has 0 heterocycles. The summed E-state index contributed by atoms with van der Waals surface area (Å²) < 4.78 is 5.60. The lowest BCUT2D eigenvalue weighted by atomic mass is 10.1. The van der Waals surface area contributed by atoms with E-state index in [1.165, 1.54) is 0 Å². The summed E-state index contributed by atoms with van der Waals surface area (Å²) in [7, 11) is 0. The summed E-state index contributed by atoms with van der Waals surface area (Å²) in [5.74, 6) is 0.389. The summed E-state index contributed by atoms with van der Waals surface area (Å²) in [4.78, 5) is 26.2. The van der Waals surface area contributed by atoms with Crippen LogP contribution in [0.4, 0.5) is 5.69 Å². The molecule has 0 saturated heterocycles. The van der Waals surface area contributed by atoms with E-state index in [4.69, 9.17) is 4.74 Å². The van der Waals surface area contributed by atoms with Gasteiger partial charge in [0.15, 0.2) is 6.10 Å². The maximum atomic E-state index is 12.3. The van der Waals surface area contributed by atoms with Crippen LogP contribution in [-0.2, 0) is 4.79 Å². The van der Waals surface area contributed by atoms with Gasteiger partial charge in [-0.3, -0.25) is 9.59 Å². The van der Waals surface area contributed by atoms with E-state index in [9.17, 15) is 9.59 Å². The molecule has 0 radical (unpaired) electrons. The highest BCUT2D eigenvalue weighted by Gasteiger charge is 2.16. The second kappa shape index (κ2) is 8.87. The molecule has 0 saturated carbocycles. The average Bonchev–Trinajstić information content (AvgIpc) is 2.64.